The molecule has 0 saturated carbocycles. The van der Waals surface area contributed by atoms with Crippen LogP contribution < -0.4 is 9.47 Å². The van der Waals surface area contributed by atoms with Gasteiger partial charge in [0.25, 0.3) is 0 Å². The van der Waals surface area contributed by atoms with Crippen molar-refractivity contribution in [2.45, 2.75) is 5.38 Å². The summed E-state index contributed by atoms with van der Waals surface area (Å²) in [5, 5.41) is 0.362. The zero-order valence-corrected chi connectivity index (χ0v) is 13.5. The molecule has 1 atom stereocenters. The van der Waals surface area contributed by atoms with Crippen molar-refractivity contribution in [3.05, 3.63) is 57.0 Å². The Morgan fingerprint density at radius 1 is 1.05 bits per heavy atom. The molecule has 104 valence electrons. The molecular formula is C15H11BrCl2O2. The first-order chi connectivity index (χ1) is 9.65. The van der Waals surface area contributed by atoms with Gasteiger partial charge >= 0.3 is 0 Å². The van der Waals surface area contributed by atoms with E-state index in [0.717, 1.165) is 27.1 Å². The molecule has 20 heavy (non-hydrogen) atoms. The van der Waals surface area contributed by atoms with Crippen LogP contribution in [0, 0.1) is 0 Å². The predicted molar refractivity (Wildman–Crippen MR) is 84.3 cm³/mol. The molecular weight excluding hydrogens is 363 g/mol. The number of alkyl halides is 1. The van der Waals surface area contributed by atoms with Crippen molar-refractivity contribution >= 4 is 39.1 Å². The van der Waals surface area contributed by atoms with E-state index in [1.165, 1.54) is 0 Å². The van der Waals surface area contributed by atoms with Gasteiger partial charge in [-0.05, 0) is 35.4 Å². The molecule has 0 radical (unpaired) electrons. The second kappa shape index (κ2) is 5.84. The number of rotatable bonds is 2. The highest BCUT2D eigenvalue weighted by atomic mass is 79.9. The number of hydrogen-bond acceptors (Lipinski definition) is 2. The summed E-state index contributed by atoms with van der Waals surface area (Å²) < 4.78 is 12.0. The van der Waals surface area contributed by atoms with E-state index in [4.69, 9.17) is 32.7 Å². The smallest absolute Gasteiger partial charge is 0.162 e. The first kappa shape index (κ1) is 14.1. The van der Waals surface area contributed by atoms with Crippen LogP contribution in [-0.4, -0.2) is 13.2 Å². The van der Waals surface area contributed by atoms with Gasteiger partial charge in [0.1, 0.15) is 13.2 Å². The van der Waals surface area contributed by atoms with E-state index in [2.05, 4.69) is 15.9 Å². The van der Waals surface area contributed by atoms with Crippen LogP contribution in [0.25, 0.3) is 0 Å². The summed E-state index contributed by atoms with van der Waals surface area (Å²) in [5.74, 6) is 1.46. The lowest BCUT2D eigenvalue weighted by Gasteiger charge is -2.21. The molecule has 1 aliphatic rings. The molecule has 1 unspecified atom stereocenters. The van der Waals surface area contributed by atoms with Gasteiger partial charge < -0.3 is 9.47 Å². The third kappa shape index (κ3) is 2.76. The van der Waals surface area contributed by atoms with E-state index >= 15 is 0 Å². The van der Waals surface area contributed by atoms with E-state index in [9.17, 15) is 0 Å². The molecule has 0 bridgehead atoms. The Morgan fingerprint density at radius 3 is 2.45 bits per heavy atom. The van der Waals surface area contributed by atoms with E-state index < -0.39 is 0 Å². The van der Waals surface area contributed by atoms with E-state index in [1.807, 2.05) is 36.4 Å². The topological polar surface area (TPSA) is 18.5 Å². The van der Waals surface area contributed by atoms with Crippen LogP contribution in [0.2, 0.25) is 5.02 Å². The lowest BCUT2D eigenvalue weighted by Crippen LogP contribution is -2.15. The average Bonchev–Trinajstić information content (AvgIpc) is 2.46. The highest BCUT2D eigenvalue weighted by Crippen LogP contribution is 2.41. The van der Waals surface area contributed by atoms with Gasteiger partial charge in [0.15, 0.2) is 11.5 Å². The quantitative estimate of drug-likeness (QED) is 0.673. The molecule has 5 heteroatoms. The summed E-state index contributed by atoms with van der Waals surface area (Å²) in [4.78, 5) is 0. The Hall–Kier alpha value is -0.900. The number of benzene rings is 2. The van der Waals surface area contributed by atoms with Crippen molar-refractivity contribution in [1.29, 1.82) is 0 Å². The van der Waals surface area contributed by atoms with Crippen LogP contribution in [0.5, 0.6) is 11.5 Å². The first-order valence-corrected chi connectivity index (χ1v) is 7.74. The van der Waals surface area contributed by atoms with Gasteiger partial charge in [0.2, 0.25) is 0 Å². The summed E-state index contributed by atoms with van der Waals surface area (Å²) >= 11 is 16.1. The molecule has 1 aliphatic heterocycles. The molecule has 1 heterocycles. The van der Waals surface area contributed by atoms with E-state index in [-0.39, 0.29) is 5.38 Å². The van der Waals surface area contributed by atoms with Gasteiger partial charge in [-0.15, -0.1) is 11.6 Å². The Kier molecular flexibility index (Phi) is 4.11. The zero-order valence-electron chi connectivity index (χ0n) is 10.4. The van der Waals surface area contributed by atoms with E-state index in [1.54, 1.807) is 0 Å². The van der Waals surface area contributed by atoms with Crippen LogP contribution in [-0.2, 0) is 0 Å². The summed E-state index contributed by atoms with van der Waals surface area (Å²) in [7, 11) is 0. The first-order valence-electron chi connectivity index (χ1n) is 6.14. The number of hydrogen-bond donors (Lipinski definition) is 0. The van der Waals surface area contributed by atoms with Crippen molar-refractivity contribution < 1.29 is 9.47 Å². The van der Waals surface area contributed by atoms with Gasteiger partial charge in [0, 0.05) is 9.50 Å². The van der Waals surface area contributed by atoms with Crippen LogP contribution in [0.15, 0.2) is 40.9 Å². The Bertz CT molecular complexity index is 646. The van der Waals surface area contributed by atoms with E-state index in [0.29, 0.717) is 18.2 Å². The molecule has 0 N–H and O–H groups in total. The van der Waals surface area contributed by atoms with Gasteiger partial charge in [-0.1, -0.05) is 39.7 Å². The summed E-state index contributed by atoms with van der Waals surface area (Å²) in [5.41, 5.74) is 1.87. The molecule has 2 aromatic carbocycles. The summed E-state index contributed by atoms with van der Waals surface area (Å²) in [6.45, 7) is 1.12. The van der Waals surface area contributed by atoms with Crippen molar-refractivity contribution in [2.75, 3.05) is 13.2 Å². The third-order valence-corrected chi connectivity index (χ3v) is 4.48. The normalized spacial score (nSPS) is 14.9. The highest BCUT2D eigenvalue weighted by Gasteiger charge is 2.20. The molecule has 2 nitrogen and oxygen atoms in total. The maximum Gasteiger partial charge on any atom is 0.162 e. The van der Waals surface area contributed by atoms with Crippen LogP contribution in [0.3, 0.4) is 0 Å². The fourth-order valence-electron chi connectivity index (χ4n) is 2.12. The van der Waals surface area contributed by atoms with Crippen molar-refractivity contribution in [3.8, 4) is 11.5 Å². The minimum Gasteiger partial charge on any atom is -0.486 e. The predicted octanol–water partition coefficient (Wildman–Crippen LogP) is 5.20. The fraction of sp³-hybridized carbons (Fsp3) is 0.200. The Morgan fingerprint density at radius 2 is 1.75 bits per heavy atom. The average molecular weight is 374 g/mol. The second-order valence-electron chi connectivity index (χ2n) is 4.43. The van der Waals surface area contributed by atoms with Gasteiger partial charge in [-0.2, -0.15) is 0 Å². The van der Waals surface area contributed by atoms with Gasteiger partial charge in [-0.3, -0.25) is 0 Å². The van der Waals surface area contributed by atoms with Crippen LogP contribution >= 0.6 is 39.1 Å². The highest BCUT2D eigenvalue weighted by molar-refractivity contribution is 9.10. The lowest BCUT2D eigenvalue weighted by molar-refractivity contribution is 0.171. The maximum absolute atomic E-state index is 6.57. The molecule has 0 fully saturated rings. The van der Waals surface area contributed by atoms with Crippen LogP contribution in [0.1, 0.15) is 16.5 Å². The maximum atomic E-state index is 6.57. The molecule has 0 saturated heterocycles. The number of fused-ring (bicyclic) bond motifs is 1. The number of halogens is 3. The van der Waals surface area contributed by atoms with Gasteiger partial charge in [0.05, 0.1) is 5.38 Å². The lowest BCUT2D eigenvalue weighted by atomic mass is 10.0. The minimum absolute atomic E-state index is 0.307. The zero-order chi connectivity index (χ0) is 14.1. The number of ether oxygens (including phenoxy) is 2. The van der Waals surface area contributed by atoms with Crippen molar-refractivity contribution in [1.82, 2.24) is 0 Å². The third-order valence-electron chi connectivity index (χ3n) is 3.08. The van der Waals surface area contributed by atoms with Crippen LogP contribution in [0.4, 0.5) is 0 Å². The standard InChI is InChI=1S/C15H11BrCl2O2/c16-12-8-14-13(19-4-5-20-14)7-11(12)15(18)9-2-1-3-10(17)6-9/h1-3,6-8,15H,4-5H2. The second-order valence-corrected chi connectivity index (χ2v) is 6.16. The molecule has 0 aromatic heterocycles. The Labute approximate surface area is 135 Å². The van der Waals surface area contributed by atoms with Crippen molar-refractivity contribution in [3.63, 3.8) is 0 Å². The summed E-state index contributed by atoms with van der Waals surface area (Å²) in [6.07, 6.45) is 0. The Balaban J connectivity index is 2.01. The molecule has 3 rings (SSSR count). The molecule has 0 aliphatic carbocycles. The van der Waals surface area contributed by atoms with Gasteiger partial charge in [-0.25, -0.2) is 0 Å². The van der Waals surface area contributed by atoms with Crippen molar-refractivity contribution in [2.24, 2.45) is 0 Å². The SMILES string of the molecule is Clc1cccc(C(Cl)c2cc3c(cc2Br)OCCO3)c1. The fourth-order valence-corrected chi connectivity index (χ4v) is 3.32. The molecule has 0 spiro atoms. The summed E-state index contributed by atoms with van der Waals surface area (Å²) in [6, 6.07) is 11.3. The largest absolute Gasteiger partial charge is 0.486 e. The molecule has 2 aromatic rings. The molecule has 0 amide bonds. The monoisotopic (exact) mass is 372 g/mol. The minimum atomic E-state index is -0.307.